The minimum atomic E-state index is -0.654. The molecule has 104 valence electrons. The number of nitrogens with one attached hydrogen (secondary N) is 1. The van der Waals surface area contributed by atoms with E-state index in [4.69, 9.17) is 4.74 Å². The normalized spacial score (nSPS) is 11.9. The van der Waals surface area contributed by atoms with Crippen molar-refractivity contribution in [3.05, 3.63) is 48.0 Å². The van der Waals surface area contributed by atoms with Gasteiger partial charge in [0, 0.05) is 13.3 Å². The van der Waals surface area contributed by atoms with Crippen LogP contribution in [0.25, 0.3) is 10.8 Å². The molecule has 2 rings (SSSR count). The van der Waals surface area contributed by atoms with Gasteiger partial charge in [0.2, 0.25) is 5.91 Å². The van der Waals surface area contributed by atoms with Crippen molar-refractivity contribution in [1.29, 1.82) is 0 Å². The number of hydrogen-bond donors (Lipinski definition) is 1. The molecule has 20 heavy (non-hydrogen) atoms. The van der Waals surface area contributed by atoms with Crippen LogP contribution in [-0.4, -0.2) is 25.0 Å². The molecule has 2 aromatic carbocycles. The van der Waals surface area contributed by atoms with Crippen molar-refractivity contribution in [2.45, 2.75) is 19.4 Å². The number of fused-ring (bicyclic) bond motifs is 1. The summed E-state index contributed by atoms with van der Waals surface area (Å²) in [6.45, 7) is 1.39. The molecular formula is C16H17NO3. The molecule has 4 heteroatoms. The molecule has 0 aliphatic heterocycles. The number of esters is 1. The third-order valence-corrected chi connectivity index (χ3v) is 3.12. The predicted octanol–water partition coefficient (Wildman–Crippen LogP) is 2.06. The maximum Gasteiger partial charge on any atom is 0.328 e. The van der Waals surface area contributed by atoms with Crippen molar-refractivity contribution in [2.24, 2.45) is 0 Å². The minimum absolute atomic E-state index is 0.249. The Balaban J connectivity index is 2.23. The summed E-state index contributed by atoms with van der Waals surface area (Å²) in [5.41, 5.74) is 0.979. The summed E-state index contributed by atoms with van der Waals surface area (Å²) < 4.78 is 4.72. The van der Waals surface area contributed by atoms with E-state index >= 15 is 0 Å². The molecule has 0 heterocycles. The van der Waals surface area contributed by atoms with Crippen LogP contribution in [0, 0.1) is 0 Å². The Bertz CT molecular complexity index is 636. The van der Waals surface area contributed by atoms with Crippen molar-refractivity contribution < 1.29 is 14.3 Å². The van der Waals surface area contributed by atoms with Crippen LogP contribution in [0.1, 0.15) is 12.5 Å². The fourth-order valence-electron chi connectivity index (χ4n) is 2.18. The van der Waals surface area contributed by atoms with E-state index in [1.807, 2.05) is 42.5 Å². The number of carbonyl (C=O) groups is 2. The Morgan fingerprint density at radius 3 is 2.50 bits per heavy atom. The number of ether oxygens (including phenoxy) is 1. The first kappa shape index (κ1) is 14.1. The Morgan fingerprint density at radius 2 is 1.85 bits per heavy atom. The summed E-state index contributed by atoms with van der Waals surface area (Å²) in [6.07, 6.45) is 0.414. The summed E-state index contributed by atoms with van der Waals surface area (Å²) in [5, 5.41) is 4.87. The largest absolute Gasteiger partial charge is 0.467 e. The Labute approximate surface area is 117 Å². The molecule has 0 aromatic heterocycles. The standard InChI is InChI=1S/C16H17NO3/c1-11(18)17-15(16(19)20-2)10-12-7-8-13-5-3-4-6-14(13)9-12/h3-9,15H,10H2,1-2H3,(H,17,18)/t15-/m1/s1. The molecule has 0 unspecified atom stereocenters. The highest BCUT2D eigenvalue weighted by molar-refractivity contribution is 5.85. The van der Waals surface area contributed by atoms with Gasteiger partial charge in [-0.15, -0.1) is 0 Å². The third kappa shape index (κ3) is 3.35. The molecule has 1 atom stereocenters. The molecule has 0 bridgehead atoms. The van der Waals surface area contributed by atoms with Crippen LogP contribution in [0.2, 0.25) is 0 Å². The highest BCUT2D eigenvalue weighted by Gasteiger charge is 2.20. The van der Waals surface area contributed by atoms with E-state index in [2.05, 4.69) is 5.32 Å². The van der Waals surface area contributed by atoms with Gasteiger partial charge in [0.15, 0.2) is 0 Å². The van der Waals surface area contributed by atoms with Crippen molar-refractivity contribution in [2.75, 3.05) is 7.11 Å². The van der Waals surface area contributed by atoms with E-state index in [1.54, 1.807) is 0 Å². The number of hydrogen-bond acceptors (Lipinski definition) is 3. The lowest BCUT2D eigenvalue weighted by Crippen LogP contribution is -2.41. The van der Waals surface area contributed by atoms with E-state index in [0.717, 1.165) is 16.3 Å². The lowest BCUT2D eigenvalue weighted by molar-refractivity contribution is -0.144. The molecule has 0 spiro atoms. The zero-order chi connectivity index (χ0) is 14.5. The van der Waals surface area contributed by atoms with Crippen molar-refractivity contribution >= 4 is 22.6 Å². The summed E-state index contributed by atoms with van der Waals surface area (Å²) >= 11 is 0. The summed E-state index contributed by atoms with van der Waals surface area (Å²) in [7, 11) is 1.32. The van der Waals surface area contributed by atoms with Gasteiger partial charge in [-0.1, -0.05) is 42.5 Å². The van der Waals surface area contributed by atoms with Gasteiger partial charge in [0.1, 0.15) is 6.04 Å². The van der Waals surface area contributed by atoms with Crippen LogP contribution in [0.3, 0.4) is 0 Å². The number of carbonyl (C=O) groups excluding carboxylic acids is 2. The van der Waals surface area contributed by atoms with Gasteiger partial charge in [-0.25, -0.2) is 4.79 Å². The average molecular weight is 271 g/mol. The molecule has 1 N–H and O–H groups in total. The lowest BCUT2D eigenvalue weighted by Gasteiger charge is -2.15. The summed E-state index contributed by atoms with van der Waals surface area (Å²) in [6, 6.07) is 13.3. The van der Waals surface area contributed by atoms with Crippen molar-refractivity contribution in [3.63, 3.8) is 0 Å². The zero-order valence-corrected chi connectivity index (χ0v) is 11.6. The van der Waals surface area contributed by atoms with E-state index in [-0.39, 0.29) is 5.91 Å². The third-order valence-electron chi connectivity index (χ3n) is 3.12. The van der Waals surface area contributed by atoms with E-state index < -0.39 is 12.0 Å². The fraction of sp³-hybridized carbons (Fsp3) is 0.250. The molecule has 1 amide bonds. The molecule has 4 nitrogen and oxygen atoms in total. The second-order valence-corrected chi connectivity index (χ2v) is 4.66. The Hall–Kier alpha value is -2.36. The highest BCUT2D eigenvalue weighted by Crippen LogP contribution is 2.16. The fourth-order valence-corrected chi connectivity index (χ4v) is 2.18. The highest BCUT2D eigenvalue weighted by atomic mass is 16.5. The van der Waals surface area contributed by atoms with E-state index in [1.165, 1.54) is 14.0 Å². The van der Waals surface area contributed by atoms with Crippen LogP contribution in [0.5, 0.6) is 0 Å². The van der Waals surface area contributed by atoms with E-state index in [0.29, 0.717) is 6.42 Å². The molecule has 2 aromatic rings. The summed E-state index contributed by atoms with van der Waals surface area (Å²) in [5.74, 6) is -0.686. The molecule has 0 saturated heterocycles. The first-order valence-electron chi connectivity index (χ1n) is 6.43. The first-order valence-corrected chi connectivity index (χ1v) is 6.43. The van der Waals surface area contributed by atoms with Gasteiger partial charge >= 0.3 is 5.97 Å². The van der Waals surface area contributed by atoms with Crippen LogP contribution < -0.4 is 5.32 Å². The van der Waals surface area contributed by atoms with Crippen molar-refractivity contribution in [3.8, 4) is 0 Å². The number of amides is 1. The Morgan fingerprint density at radius 1 is 1.15 bits per heavy atom. The number of rotatable bonds is 4. The van der Waals surface area contributed by atoms with Gasteiger partial charge < -0.3 is 10.1 Å². The molecule has 0 aliphatic carbocycles. The molecule has 0 fully saturated rings. The zero-order valence-electron chi connectivity index (χ0n) is 11.6. The number of methoxy groups -OCH3 is 1. The Kier molecular flexibility index (Phi) is 4.35. The van der Waals surface area contributed by atoms with Gasteiger partial charge in [0.05, 0.1) is 7.11 Å². The van der Waals surface area contributed by atoms with Gasteiger partial charge in [-0.2, -0.15) is 0 Å². The quantitative estimate of drug-likeness (QED) is 0.866. The summed E-state index contributed by atoms with van der Waals surface area (Å²) in [4.78, 5) is 22.8. The van der Waals surface area contributed by atoms with Crippen LogP contribution in [-0.2, 0) is 20.7 Å². The number of benzene rings is 2. The molecule has 0 saturated carbocycles. The average Bonchev–Trinajstić information content (AvgIpc) is 2.45. The first-order chi connectivity index (χ1) is 9.60. The SMILES string of the molecule is COC(=O)[C@@H](Cc1ccc2ccccc2c1)NC(C)=O. The second-order valence-electron chi connectivity index (χ2n) is 4.66. The minimum Gasteiger partial charge on any atom is -0.467 e. The lowest BCUT2D eigenvalue weighted by atomic mass is 10.0. The maximum absolute atomic E-state index is 11.7. The van der Waals surface area contributed by atoms with Crippen molar-refractivity contribution in [1.82, 2.24) is 5.32 Å². The van der Waals surface area contributed by atoms with Crippen LogP contribution in [0.15, 0.2) is 42.5 Å². The van der Waals surface area contributed by atoms with E-state index in [9.17, 15) is 9.59 Å². The van der Waals surface area contributed by atoms with Crippen LogP contribution >= 0.6 is 0 Å². The predicted molar refractivity (Wildman–Crippen MR) is 77.3 cm³/mol. The van der Waals surface area contributed by atoms with Crippen LogP contribution in [0.4, 0.5) is 0 Å². The molecular weight excluding hydrogens is 254 g/mol. The molecule has 0 radical (unpaired) electrons. The monoisotopic (exact) mass is 271 g/mol. The maximum atomic E-state index is 11.7. The van der Waals surface area contributed by atoms with Gasteiger partial charge in [-0.3, -0.25) is 4.79 Å². The molecule has 0 aliphatic rings. The van der Waals surface area contributed by atoms with Gasteiger partial charge in [0.25, 0.3) is 0 Å². The second kappa shape index (κ2) is 6.19. The topological polar surface area (TPSA) is 55.4 Å². The van der Waals surface area contributed by atoms with Gasteiger partial charge in [-0.05, 0) is 16.3 Å². The smallest absolute Gasteiger partial charge is 0.328 e.